The molecule has 0 radical (unpaired) electrons. The minimum atomic E-state index is 0.620. The van der Waals surface area contributed by atoms with Gasteiger partial charge in [-0.25, -0.2) is 0 Å². The van der Waals surface area contributed by atoms with Gasteiger partial charge < -0.3 is 9.64 Å². The summed E-state index contributed by atoms with van der Waals surface area (Å²) in [5.41, 5.74) is 1.17. The van der Waals surface area contributed by atoms with Crippen molar-refractivity contribution in [1.82, 2.24) is 0 Å². The van der Waals surface area contributed by atoms with Crippen molar-refractivity contribution in [2.45, 2.75) is 13.5 Å². The summed E-state index contributed by atoms with van der Waals surface area (Å²) in [7, 11) is 0. The van der Waals surface area contributed by atoms with E-state index in [1.54, 1.807) is 0 Å². The first-order valence-corrected chi connectivity index (χ1v) is 7.52. The molecule has 1 N–H and O–H groups in total. The fourth-order valence-corrected chi connectivity index (χ4v) is 2.58. The molecule has 5 heteroatoms. The van der Waals surface area contributed by atoms with Crippen LogP contribution in [-0.4, -0.2) is 31.5 Å². The molecule has 0 aliphatic heterocycles. The molecule has 1 rings (SSSR count). The van der Waals surface area contributed by atoms with E-state index >= 15 is 0 Å². The molecule has 2 nitrogen and oxygen atoms in total. The zero-order valence-electron chi connectivity index (χ0n) is 10.5. The average Bonchev–Trinajstić information content (AvgIpc) is 2.33. The molecule has 0 aromatic heterocycles. The maximum absolute atomic E-state index is 6.16. The molecule has 0 fully saturated rings. The lowest BCUT2D eigenvalue weighted by atomic mass is 10.2. The number of halogens is 3. The number of alkyl halides is 2. The van der Waals surface area contributed by atoms with Crippen molar-refractivity contribution in [2.24, 2.45) is 0 Å². The van der Waals surface area contributed by atoms with E-state index in [0.717, 1.165) is 25.4 Å². The van der Waals surface area contributed by atoms with E-state index in [1.807, 2.05) is 25.1 Å². The molecule has 0 heterocycles. The summed E-state index contributed by atoms with van der Waals surface area (Å²) in [6.07, 6.45) is 0. The monoisotopic (exact) mass is 310 g/mol. The van der Waals surface area contributed by atoms with E-state index in [-0.39, 0.29) is 0 Å². The number of hydrogen-bond acceptors (Lipinski definition) is 1. The van der Waals surface area contributed by atoms with Crippen molar-refractivity contribution >= 4 is 34.8 Å². The topological polar surface area (TPSA) is 13.7 Å². The quantitative estimate of drug-likeness (QED) is 0.729. The summed E-state index contributed by atoms with van der Waals surface area (Å²) in [6, 6.07) is 5.91. The Hall–Kier alpha value is -0.150. The van der Waals surface area contributed by atoms with Gasteiger partial charge in [0, 0.05) is 5.56 Å². The van der Waals surface area contributed by atoms with Crippen LogP contribution in [0.1, 0.15) is 12.5 Å². The molecule has 0 amide bonds. The molecule has 102 valence electrons. The van der Waals surface area contributed by atoms with Crippen LogP contribution in [0.5, 0.6) is 5.75 Å². The van der Waals surface area contributed by atoms with Gasteiger partial charge in [-0.05, 0) is 25.1 Å². The van der Waals surface area contributed by atoms with E-state index in [0.29, 0.717) is 23.4 Å². The number of quaternary nitrogens is 1. The average molecular weight is 312 g/mol. The summed E-state index contributed by atoms with van der Waals surface area (Å²) < 4.78 is 5.41. The van der Waals surface area contributed by atoms with Crippen molar-refractivity contribution in [2.75, 3.05) is 31.5 Å². The molecule has 0 bridgehead atoms. The fourth-order valence-electron chi connectivity index (χ4n) is 1.78. The Morgan fingerprint density at radius 1 is 1.17 bits per heavy atom. The van der Waals surface area contributed by atoms with E-state index < -0.39 is 0 Å². The van der Waals surface area contributed by atoms with Crippen molar-refractivity contribution < 1.29 is 9.64 Å². The van der Waals surface area contributed by atoms with Gasteiger partial charge in [-0.2, -0.15) is 0 Å². The number of rotatable bonds is 8. The molecule has 1 aromatic carbocycles. The van der Waals surface area contributed by atoms with Crippen LogP contribution in [0, 0.1) is 0 Å². The lowest BCUT2D eigenvalue weighted by molar-refractivity contribution is -0.909. The molecule has 0 aliphatic rings. The molecule has 0 saturated carbocycles. The Morgan fingerprint density at radius 2 is 1.83 bits per heavy atom. The number of hydrogen-bond donors (Lipinski definition) is 1. The number of nitrogens with one attached hydrogen (secondary N) is 1. The largest absolute Gasteiger partial charge is 0.492 e. The zero-order chi connectivity index (χ0) is 13.4. The Balaban J connectivity index is 2.68. The maximum atomic E-state index is 6.16. The Kier molecular flexibility index (Phi) is 7.84. The molecule has 1 aromatic rings. The SMILES string of the molecule is CCOc1ccc(C[NH+](CCCl)CCCl)cc1Cl. The minimum Gasteiger partial charge on any atom is -0.492 e. The van der Waals surface area contributed by atoms with E-state index in [2.05, 4.69) is 0 Å². The zero-order valence-corrected chi connectivity index (χ0v) is 12.8. The van der Waals surface area contributed by atoms with E-state index in [1.165, 1.54) is 10.5 Å². The van der Waals surface area contributed by atoms with Crippen LogP contribution in [0.15, 0.2) is 18.2 Å². The third kappa shape index (κ3) is 5.23. The molecule has 18 heavy (non-hydrogen) atoms. The van der Waals surface area contributed by atoms with Crippen LogP contribution in [0.25, 0.3) is 0 Å². The second-order valence-electron chi connectivity index (χ2n) is 4.00. The van der Waals surface area contributed by atoms with Gasteiger partial charge in [-0.15, -0.1) is 23.2 Å². The lowest BCUT2D eigenvalue weighted by Crippen LogP contribution is -3.11. The van der Waals surface area contributed by atoms with E-state index in [9.17, 15) is 0 Å². The highest BCUT2D eigenvalue weighted by Crippen LogP contribution is 2.25. The lowest BCUT2D eigenvalue weighted by Gasteiger charge is -2.17. The van der Waals surface area contributed by atoms with Crippen LogP contribution in [0.3, 0.4) is 0 Å². The van der Waals surface area contributed by atoms with Gasteiger partial charge in [0.05, 0.1) is 36.5 Å². The normalized spacial score (nSPS) is 10.9. The predicted molar refractivity (Wildman–Crippen MR) is 78.5 cm³/mol. The van der Waals surface area contributed by atoms with Crippen molar-refractivity contribution in [3.63, 3.8) is 0 Å². The summed E-state index contributed by atoms with van der Waals surface area (Å²) in [6.45, 7) is 5.25. The third-order valence-corrected chi connectivity index (χ3v) is 3.32. The molecule has 0 saturated heterocycles. The standard InChI is InChI=1S/C13H18Cl3NO/c1-2-18-13-4-3-11(9-12(13)16)10-17(7-5-14)8-6-15/h3-4,9H,2,5-8,10H2,1H3/p+1. The Morgan fingerprint density at radius 3 is 2.33 bits per heavy atom. The van der Waals surface area contributed by atoms with Crippen LogP contribution in [0.2, 0.25) is 5.02 Å². The number of ether oxygens (including phenoxy) is 1. The highest BCUT2D eigenvalue weighted by Gasteiger charge is 2.10. The highest BCUT2D eigenvalue weighted by atomic mass is 35.5. The van der Waals surface area contributed by atoms with Crippen LogP contribution in [0.4, 0.5) is 0 Å². The first-order valence-electron chi connectivity index (χ1n) is 6.08. The molecule has 0 unspecified atom stereocenters. The van der Waals surface area contributed by atoms with Gasteiger partial charge in [-0.3, -0.25) is 0 Å². The van der Waals surface area contributed by atoms with Crippen LogP contribution in [-0.2, 0) is 6.54 Å². The Bertz CT molecular complexity index is 354. The molecular weight excluding hydrogens is 293 g/mol. The van der Waals surface area contributed by atoms with Gasteiger partial charge in [0.25, 0.3) is 0 Å². The first kappa shape index (κ1) is 15.9. The third-order valence-electron chi connectivity index (χ3n) is 2.65. The van der Waals surface area contributed by atoms with Crippen LogP contribution < -0.4 is 9.64 Å². The maximum Gasteiger partial charge on any atom is 0.137 e. The smallest absolute Gasteiger partial charge is 0.137 e. The Labute approximate surface area is 124 Å². The molecule has 0 spiro atoms. The van der Waals surface area contributed by atoms with E-state index in [4.69, 9.17) is 39.5 Å². The van der Waals surface area contributed by atoms with Crippen molar-refractivity contribution in [3.8, 4) is 5.75 Å². The van der Waals surface area contributed by atoms with Crippen molar-refractivity contribution in [1.29, 1.82) is 0 Å². The summed E-state index contributed by atoms with van der Waals surface area (Å²) in [5.74, 6) is 2.01. The second kappa shape index (κ2) is 8.87. The van der Waals surface area contributed by atoms with Gasteiger partial charge in [0.1, 0.15) is 12.3 Å². The van der Waals surface area contributed by atoms with Crippen molar-refractivity contribution in [3.05, 3.63) is 28.8 Å². The van der Waals surface area contributed by atoms with Gasteiger partial charge in [0.15, 0.2) is 0 Å². The molecular formula is C13H19Cl3NO+. The van der Waals surface area contributed by atoms with Gasteiger partial charge in [-0.1, -0.05) is 11.6 Å². The summed E-state index contributed by atoms with van der Waals surface area (Å²) >= 11 is 17.7. The second-order valence-corrected chi connectivity index (χ2v) is 5.17. The predicted octanol–water partition coefficient (Wildman–Crippen LogP) is 2.60. The summed E-state index contributed by atoms with van der Waals surface area (Å²) in [4.78, 5) is 1.36. The molecule has 0 atom stereocenters. The number of benzene rings is 1. The van der Waals surface area contributed by atoms with Crippen LogP contribution >= 0.6 is 34.8 Å². The van der Waals surface area contributed by atoms with Gasteiger partial charge >= 0.3 is 0 Å². The first-order chi connectivity index (χ1) is 8.71. The fraction of sp³-hybridized carbons (Fsp3) is 0.538. The minimum absolute atomic E-state index is 0.620. The molecule has 0 aliphatic carbocycles. The van der Waals surface area contributed by atoms with Gasteiger partial charge in [0.2, 0.25) is 0 Å². The summed E-state index contributed by atoms with van der Waals surface area (Å²) in [5, 5.41) is 0.658. The highest BCUT2D eigenvalue weighted by molar-refractivity contribution is 6.32.